The van der Waals surface area contributed by atoms with E-state index in [1.807, 2.05) is 18.2 Å². The average molecular weight is 369 g/mol. The molecule has 0 saturated carbocycles. The molecule has 0 radical (unpaired) electrons. The topological polar surface area (TPSA) is 39.7 Å². The fourth-order valence-electron chi connectivity index (χ4n) is 2.94. The van der Waals surface area contributed by atoms with Crippen LogP contribution >= 0.6 is 11.6 Å². The highest BCUT2D eigenvalue weighted by Gasteiger charge is 2.07. The molecule has 0 amide bonds. The highest BCUT2D eigenvalue weighted by Crippen LogP contribution is 2.17. The Bertz CT molecular complexity index is 760. The minimum absolute atomic E-state index is 0.740. The zero-order valence-corrected chi connectivity index (χ0v) is 15.8. The van der Waals surface area contributed by atoms with Crippen molar-refractivity contribution in [3.8, 4) is 0 Å². The summed E-state index contributed by atoms with van der Waals surface area (Å²) in [5.41, 5.74) is 3.64. The van der Waals surface area contributed by atoms with Crippen molar-refractivity contribution in [2.45, 2.75) is 13.0 Å². The number of nitrogens with one attached hydrogen (secondary N) is 2. The molecule has 1 heterocycles. The van der Waals surface area contributed by atoms with Gasteiger partial charge >= 0.3 is 0 Å². The molecule has 1 aliphatic rings. The molecule has 0 saturated heterocycles. The van der Waals surface area contributed by atoms with E-state index in [1.54, 1.807) is 7.05 Å². The molecular weight excluding hydrogens is 344 g/mol. The molecule has 0 fully saturated rings. The number of guanidine groups is 1. The second-order valence-corrected chi connectivity index (χ2v) is 6.64. The van der Waals surface area contributed by atoms with Gasteiger partial charge < -0.3 is 15.5 Å². The van der Waals surface area contributed by atoms with E-state index in [9.17, 15) is 0 Å². The Hall–Kier alpha value is -2.46. The van der Waals surface area contributed by atoms with Crippen LogP contribution in [0.4, 0.5) is 5.69 Å². The van der Waals surface area contributed by atoms with Gasteiger partial charge in [0, 0.05) is 43.9 Å². The van der Waals surface area contributed by atoms with Gasteiger partial charge in [-0.15, -0.1) is 0 Å². The normalized spacial score (nSPS) is 13.9. The number of anilines is 1. The van der Waals surface area contributed by atoms with Gasteiger partial charge in [0.15, 0.2) is 5.96 Å². The van der Waals surface area contributed by atoms with Gasteiger partial charge in [0.2, 0.25) is 0 Å². The van der Waals surface area contributed by atoms with Crippen molar-refractivity contribution in [2.75, 3.05) is 31.6 Å². The summed E-state index contributed by atoms with van der Waals surface area (Å²) < 4.78 is 0. The third-order valence-electron chi connectivity index (χ3n) is 4.45. The summed E-state index contributed by atoms with van der Waals surface area (Å²) in [6.45, 7) is 3.52. The van der Waals surface area contributed by atoms with Crippen molar-refractivity contribution in [3.63, 3.8) is 0 Å². The predicted molar refractivity (Wildman–Crippen MR) is 111 cm³/mol. The molecule has 0 bridgehead atoms. The van der Waals surface area contributed by atoms with E-state index in [4.69, 9.17) is 11.6 Å². The summed E-state index contributed by atoms with van der Waals surface area (Å²) in [5, 5.41) is 7.50. The van der Waals surface area contributed by atoms with Gasteiger partial charge in [-0.25, -0.2) is 0 Å². The van der Waals surface area contributed by atoms with Crippen LogP contribution in [0, 0.1) is 0 Å². The van der Waals surface area contributed by atoms with E-state index >= 15 is 0 Å². The van der Waals surface area contributed by atoms with E-state index in [1.165, 1.54) is 11.3 Å². The first-order valence-electron chi connectivity index (χ1n) is 8.93. The molecule has 5 heteroatoms. The molecule has 26 heavy (non-hydrogen) atoms. The molecule has 136 valence electrons. The maximum Gasteiger partial charge on any atom is 0.191 e. The van der Waals surface area contributed by atoms with Crippen LogP contribution < -0.4 is 15.5 Å². The molecule has 2 N–H and O–H groups in total. The second kappa shape index (κ2) is 9.30. The van der Waals surface area contributed by atoms with Crippen LogP contribution in [-0.4, -0.2) is 32.6 Å². The van der Waals surface area contributed by atoms with Crippen molar-refractivity contribution < 1.29 is 0 Å². The smallest absolute Gasteiger partial charge is 0.191 e. The number of halogens is 1. The van der Waals surface area contributed by atoms with E-state index in [0.717, 1.165) is 49.1 Å². The largest absolute Gasteiger partial charge is 0.364 e. The summed E-state index contributed by atoms with van der Waals surface area (Å²) in [6, 6.07) is 16.6. The predicted octanol–water partition coefficient (Wildman–Crippen LogP) is 3.62. The third-order valence-corrected chi connectivity index (χ3v) is 4.82. The number of hydrogen-bond donors (Lipinski definition) is 2. The fourth-order valence-corrected chi connectivity index (χ4v) is 3.17. The zero-order valence-electron chi connectivity index (χ0n) is 15.1. The monoisotopic (exact) mass is 368 g/mol. The highest BCUT2D eigenvalue weighted by molar-refractivity contribution is 6.31. The Morgan fingerprint density at radius 3 is 2.46 bits per heavy atom. The van der Waals surface area contributed by atoms with Crippen molar-refractivity contribution >= 4 is 23.2 Å². The van der Waals surface area contributed by atoms with E-state index in [-0.39, 0.29) is 0 Å². The third kappa shape index (κ3) is 5.02. The van der Waals surface area contributed by atoms with Gasteiger partial charge in [0.1, 0.15) is 0 Å². The van der Waals surface area contributed by atoms with Gasteiger partial charge in [0.05, 0.1) is 0 Å². The first-order chi connectivity index (χ1) is 12.8. The Balaban J connectivity index is 1.44. The maximum atomic E-state index is 6.19. The lowest BCUT2D eigenvalue weighted by molar-refractivity contribution is 0.794. The molecule has 3 rings (SSSR count). The van der Waals surface area contributed by atoms with Gasteiger partial charge in [-0.1, -0.05) is 54.1 Å². The van der Waals surface area contributed by atoms with Gasteiger partial charge in [-0.2, -0.15) is 0 Å². The molecular formula is C21H25ClN4. The van der Waals surface area contributed by atoms with E-state index in [0.29, 0.717) is 0 Å². The first-order valence-corrected chi connectivity index (χ1v) is 9.31. The molecule has 0 spiro atoms. The minimum atomic E-state index is 0.740. The van der Waals surface area contributed by atoms with Crippen LogP contribution in [0.1, 0.15) is 11.1 Å². The Labute approximate surface area is 160 Å². The molecule has 0 unspecified atom stereocenters. The average Bonchev–Trinajstić information content (AvgIpc) is 3.21. The summed E-state index contributed by atoms with van der Waals surface area (Å²) in [4.78, 5) is 6.62. The SMILES string of the molecule is CN=C(NCCc1ccccc1Cl)NCc1ccc(N2CC=CC2)cc1. The van der Waals surface area contributed by atoms with E-state index in [2.05, 4.69) is 63.0 Å². The molecule has 0 aliphatic carbocycles. The maximum absolute atomic E-state index is 6.19. The standard InChI is InChI=1S/C21H25ClN4/c1-23-21(24-13-12-18-6-2-3-7-20(18)22)25-16-17-8-10-19(11-9-17)26-14-4-5-15-26/h2-11H,12-16H2,1H3,(H2,23,24,25). The second-order valence-electron chi connectivity index (χ2n) is 6.24. The van der Waals surface area contributed by atoms with Crippen molar-refractivity contribution in [2.24, 2.45) is 4.99 Å². The lowest BCUT2D eigenvalue weighted by Crippen LogP contribution is -2.37. The Kier molecular flexibility index (Phi) is 6.56. The van der Waals surface area contributed by atoms with E-state index < -0.39 is 0 Å². The Morgan fingerprint density at radius 2 is 1.77 bits per heavy atom. The van der Waals surface area contributed by atoms with Gasteiger partial charge in [-0.05, 0) is 35.7 Å². The van der Waals surface area contributed by atoms with Crippen molar-refractivity contribution in [1.82, 2.24) is 10.6 Å². The number of aliphatic imine (C=N–C) groups is 1. The summed E-state index contributed by atoms with van der Waals surface area (Å²) in [6.07, 6.45) is 5.26. The molecule has 2 aromatic rings. The zero-order chi connectivity index (χ0) is 18.2. The first kappa shape index (κ1) is 18.3. The summed E-state index contributed by atoms with van der Waals surface area (Å²) >= 11 is 6.19. The fraction of sp³-hybridized carbons (Fsp3) is 0.286. The van der Waals surface area contributed by atoms with Crippen molar-refractivity contribution in [1.29, 1.82) is 0 Å². The van der Waals surface area contributed by atoms with Gasteiger partial charge in [-0.3, -0.25) is 4.99 Å². The van der Waals surface area contributed by atoms with Crippen LogP contribution in [0.15, 0.2) is 65.7 Å². The van der Waals surface area contributed by atoms with Crippen LogP contribution in [0.3, 0.4) is 0 Å². The quantitative estimate of drug-likeness (QED) is 0.464. The highest BCUT2D eigenvalue weighted by atomic mass is 35.5. The molecule has 0 atom stereocenters. The molecule has 0 aromatic heterocycles. The number of rotatable bonds is 6. The molecule has 2 aromatic carbocycles. The number of hydrogen-bond acceptors (Lipinski definition) is 2. The summed E-state index contributed by atoms with van der Waals surface area (Å²) in [5.74, 6) is 0.796. The summed E-state index contributed by atoms with van der Waals surface area (Å²) in [7, 11) is 1.79. The van der Waals surface area contributed by atoms with Crippen LogP contribution in [0.2, 0.25) is 5.02 Å². The minimum Gasteiger partial charge on any atom is -0.364 e. The molecule has 1 aliphatic heterocycles. The number of nitrogens with zero attached hydrogens (tertiary/aromatic N) is 2. The van der Waals surface area contributed by atoms with Crippen LogP contribution in [-0.2, 0) is 13.0 Å². The Morgan fingerprint density at radius 1 is 1.04 bits per heavy atom. The molecule has 4 nitrogen and oxygen atoms in total. The van der Waals surface area contributed by atoms with Gasteiger partial charge in [0.25, 0.3) is 0 Å². The lowest BCUT2D eigenvalue weighted by atomic mass is 10.1. The lowest BCUT2D eigenvalue weighted by Gasteiger charge is -2.18. The number of benzene rings is 2. The van der Waals surface area contributed by atoms with Crippen LogP contribution in [0.5, 0.6) is 0 Å². The van der Waals surface area contributed by atoms with Crippen molar-refractivity contribution in [3.05, 3.63) is 76.8 Å². The van der Waals surface area contributed by atoms with Crippen LogP contribution in [0.25, 0.3) is 0 Å².